The second-order valence-electron chi connectivity index (χ2n) is 7.55. The van der Waals surface area contributed by atoms with Gasteiger partial charge >= 0.3 is 195 Å². The number of hydrogen-bond donors (Lipinski definition) is 0. The van der Waals surface area contributed by atoms with E-state index in [1.165, 1.54) is 41.2 Å². The topological polar surface area (TPSA) is 0 Å². The van der Waals surface area contributed by atoms with Crippen LogP contribution in [0.1, 0.15) is 36.8 Å². The van der Waals surface area contributed by atoms with Crippen LogP contribution in [0.3, 0.4) is 0 Å². The monoisotopic (exact) mass is 566 g/mol. The van der Waals surface area contributed by atoms with Crippen molar-refractivity contribution in [1.82, 2.24) is 0 Å². The molecule has 0 saturated heterocycles. The fourth-order valence-corrected chi connectivity index (χ4v) is 11.4. The van der Waals surface area contributed by atoms with Crippen molar-refractivity contribution in [2.24, 2.45) is 0 Å². The Kier molecular flexibility index (Phi) is 5.69. The maximum atomic E-state index is 3.62. The Bertz CT molecular complexity index is 1020. The van der Waals surface area contributed by atoms with Crippen molar-refractivity contribution >= 4 is 59.6 Å². The average molecular weight is 568 g/mol. The van der Waals surface area contributed by atoms with Crippen LogP contribution in [-0.2, 0) is 0 Å². The summed E-state index contributed by atoms with van der Waals surface area (Å²) >= 11 is 5.61. The Morgan fingerprint density at radius 2 is 1.00 bits per heavy atom. The van der Waals surface area contributed by atoms with Crippen LogP contribution in [0.5, 0.6) is 0 Å². The van der Waals surface area contributed by atoms with Gasteiger partial charge in [0.15, 0.2) is 0 Å². The van der Waals surface area contributed by atoms with Gasteiger partial charge in [0.1, 0.15) is 0 Å². The molecule has 3 aromatic carbocycles. The molecule has 1 heterocycles. The molecular weight excluding hydrogens is 547 g/mol. The van der Waals surface area contributed by atoms with Crippen LogP contribution in [-0.4, -0.2) is 14.7 Å². The van der Waals surface area contributed by atoms with Gasteiger partial charge < -0.3 is 0 Å². The molecule has 1 aliphatic heterocycles. The standard InChI is InChI=1S/C26H21AsBr2/c28-21-14-10-18(11-15-21)25-23-8-4-5-9-24(23)26(19-12-16-22(29)17-13-19)27(25)20-6-2-1-3-7-20/h1-3,6-7,10-17H,4-5,8-9H2. The van der Waals surface area contributed by atoms with E-state index >= 15 is 0 Å². The minimum atomic E-state index is -1.63. The van der Waals surface area contributed by atoms with Crippen LogP contribution >= 0.6 is 31.9 Å². The van der Waals surface area contributed by atoms with E-state index in [0.717, 1.165) is 8.95 Å². The van der Waals surface area contributed by atoms with Gasteiger partial charge in [-0.25, -0.2) is 0 Å². The number of benzene rings is 3. The fraction of sp³-hybridized carbons (Fsp3) is 0.154. The summed E-state index contributed by atoms with van der Waals surface area (Å²) in [6, 6.07) is 29.3. The molecule has 0 N–H and O–H groups in total. The molecule has 1 saturated carbocycles. The van der Waals surface area contributed by atoms with E-state index in [1.807, 2.05) is 0 Å². The van der Waals surface area contributed by atoms with Crippen LogP contribution in [0.15, 0.2) is 99.0 Å². The third-order valence-corrected chi connectivity index (χ3v) is 12.6. The van der Waals surface area contributed by atoms with Gasteiger partial charge in [-0.3, -0.25) is 0 Å². The summed E-state index contributed by atoms with van der Waals surface area (Å²) in [5.74, 6) is 0. The van der Waals surface area contributed by atoms with E-state index in [-0.39, 0.29) is 0 Å². The first-order chi connectivity index (χ1) is 14.2. The summed E-state index contributed by atoms with van der Waals surface area (Å²) in [5.41, 5.74) is 6.14. The molecule has 2 aliphatic rings. The molecule has 1 fully saturated rings. The fourth-order valence-electron chi connectivity index (χ4n) is 4.47. The van der Waals surface area contributed by atoms with Gasteiger partial charge in [-0.05, 0) is 0 Å². The van der Waals surface area contributed by atoms with Crippen molar-refractivity contribution in [3.8, 4) is 0 Å². The second kappa shape index (κ2) is 8.42. The number of hydrogen-bond acceptors (Lipinski definition) is 0. The van der Waals surface area contributed by atoms with E-state index < -0.39 is 14.7 Å². The molecule has 0 bridgehead atoms. The van der Waals surface area contributed by atoms with Gasteiger partial charge in [-0.15, -0.1) is 0 Å². The van der Waals surface area contributed by atoms with Crippen molar-refractivity contribution in [3.05, 3.63) is 110 Å². The normalized spacial score (nSPS) is 17.0. The van der Waals surface area contributed by atoms with E-state index in [1.54, 1.807) is 19.9 Å². The molecule has 5 rings (SSSR count). The minimum absolute atomic E-state index is 1.15. The molecule has 3 aromatic rings. The Labute approximate surface area is 194 Å². The second-order valence-corrected chi connectivity index (χ2v) is 13.7. The Morgan fingerprint density at radius 1 is 0.552 bits per heavy atom. The maximum absolute atomic E-state index is 3.62. The van der Waals surface area contributed by atoms with E-state index in [9.17, 15) is 0 Å². The Balaban J connectivity index is 1.75. The first-order valence-corrected chi connectivity index (χ1v) is 14.5. The number of halogens is 2. The van der Waals surface area contributed by atoms with Crippen LogP contribution in [0.2, 0.25) is 0 Å². The molecular formula is C26H21AsBr2. The third kappa shape index (κ3) is 3.76. The number of fused-ring (bicyclic) bond motifs is 1. The van der Waals surface area contributed by atoms with Gasteiger partial charge in [0, 0.05) is 0 Å². The SMILES string of the molecule is Brc1ccc(C2=C3CCCCC3=C(c3ccc(Br)cc3)[As]2c2ccccc2)cc1. The van der Waals surface area contributed by atoms with Crippen LogP contribution in [0.4, 0.5) is 0 Å². The summed E-state index contributed by atoms with van der Waals surface area (Å²) < 4.78 is 7.14. The molecule has 1 aliphatic carbocycles. The first kappa shape index (κ1) is 19.6. The van der Waals surface area contributed by atoms with Crippen LogP contribution < -0.4 is 4.35 Å². The number of allylic oxidation sites excluding steroid dienone is 2. The van der Waals surface area contributed by atoms with Crippen molar-refractivity contribution in [2.75, 3.05) is 0 Å². The summed E-state index contributed by atoms with van der Waals surface area (Å²) in [7, 11) is 0. The third-order valence-electron chi connectivity index (χ3n) is 5.74. The molecule has 0 radical (unpaired) electrons. The molecule has 0 nitrogen and oxygen atoms in total. The zero-order valence-electron chi connectivity index (χ0n) is 16.0. The zero-order chi connectivity index (χ0) is 19.8. The molecule has 144 valence electrons. The van der Waals surface area contributed by atoms with E-state index in [2.05, 4.69) is 111 Å². The average Bonchev–Trinajstić information content (AvgIpc) is 3.11. The van der Waals surface area contributed by atoms with Crippen molar-refractivity contribution in [3.63, 3.8) is 0 Å². The van der Waals surface area contributed by atoms with Gasteiger partial charge in [-0.1, -0.05) is 0 Å². The van der Waals surface area contributed by atoms with E-state index in [0.29, 0.717) is 0 Å². The van der Waals surface area contributed by atoms with Crippen molar-refractivity contribution < 1.29 is 0 Å². The first-order valence-electron chi connectivity index (χ1n) is 10.1. The van der Waals surface area contributed by atoms with Crippen LogP contribution in [0, 0.1) is 0 Å². The van der Waals surface area contributed by atoms with Crippen molar-refractivity contribution in [2.45, 2.75) is 25.7 Å². The number of rotatable bonds is 3. The molecule has 0 atom stereocenters. The van der Waals surface area contributed by atoms with Gasteiger partial charge in [0.2, 0.25) is 0 Å². The van der Waals surface area contributed by atoms with Gasteiger partial charge in [0.25, 0.3) is 0 Å². The Hall–Kier alpha value is -1.34. The summed E-state index contributed by atoms with van der Waals surface area (Å²) in [5, 5.41) is 0. The molecule has 29 heavy (non-hydrogen) atoms. The van der Waals surface area contributed by atoms with Gasteiger partial charge in [0.05, 0.1) is 0 Å². The predicted molar refractivity (Wildman–Crippen MR) is 132 cm³/mol. The van der Waals surface area contributed by atoms with E-state index in [4.69, 9.17) is 0 Å². The quantitative estimate of drug-likeness (QED) is 0.288. The summed E-state index contributed by atoms with van der Waals surface area (Å²) in [4.78, 5) is 0. The van der Waals surface area contributed by atoms with Gasteiger partial charge in [-0.2, -0.15) is 0 Å². The molecule has 0 unspecified atom stereocenters. The summed E-state index contributed by atoms with van der Waals surface area (Å²) in [6.45, 7) is 0. The van der Waals surface area contributed by atoms with Crippen molar-refractivity contribution in [1.29, 1.82) is 0 Å². The molecule has 0 aromatic heterocycles. The van der Waals surface area contributed by atoms with Crippen LogP contribution in [0.25, 0.3) is 8.72 Å². The summed E-state index contributed by atoms with van der Waals surface area (Å²) in [6.07, 6.45) is 5.06. The molecule has 0 spiro atoms. The molecule has 0 amide bonds. The Morgan fingerprint density at radius 3 is 1.45 bits per heavy atom. The molecule has 3 heteroatoms. The zero-order valence-corrected chi connectivity index (χ0v) is 21.1. The predicted octanol–water partition coefficient (Wildman–Crippen LogP) is 7.49.